The fourth-order valence-electron chi connectivity index (χ4n) is 2.74. The lowest BCUT2D eigenvalue weighted by atomic mass is 10.1. The van der Waals surface area contributed by atoms with Crippen LogP contribution in [0.5, 0.6) is 17.2 Å². The Morgan fingerprint density at radius 3 is 2.19 bits per heavy atom. The molecule has 0 saturated heterocycles. The van der Waals surface area contributed by atoms with Crippen molar-refractivity contribution < 1.29 is 18.7 Å². The number of hydrogen-bond donors (Lipinski definition) is 0. The monoisotopic (exact) mass is 369 g/mol. The van der Waals surface area contributed by atoms with Crippen molar-refractivity contribution >= 4 is 0 Å². The Balaban J connectivity index is 1.90. The van der Waals surface area contributed by atoms with Gasteiger partial charge in [-0.2, -0.15) is 4.98 Å². The number of nitrogens with zero attached hydrogens (tertiary/aromatic N) is 3. The summed E-state index contributed by atoms with van der Waals surface area (Å²) in [7, 11) is 4.74. The van der Waals surface area contributed by atoms with Crippen molar-refractivity contribution in [2.45, 2.75) is 20.3 Å². The van der Waals surface area contributed by atoms with Crippen molar-refractivity contribution in [3.63, 3.8) is 0 Å². The molecule has 0 unspecified atom stereocenters. The highest BCUT2D eigenvalue weighted by molar-refractivity contribution is 5.69. The van der Waals surface area contributed by atoms with Crippen LogP contribution in [0.1, 0.15) is 19.7 Å². The lowest BCUT2D eigenvalue weighted by Crippen LogP contribution is -1.96. The molecule has 0 fully saturated rings. The number of pyridine rings is 1. The van der Waals surface area contributed by atoms with Gasteiger partial charge in [-0.15, -0.1) is 0 Å². The normalized spacial score (nSPS) is 10.9. The van der Waals surface area contributed by atoms with Crippen LogP contribution in [-0.4, -0.2) is 36.5 Å². The zero-order valence-electron chi connectivity index (χ0n) is 16.1. The molecule has 2 heterocycles. The predicted octanol–water partition coefficient (Wildman–Crippen LogP) is 4.02. The van der Waals surface area contributed by atoms with Gasteiger partial charge in [0.15, 0.2) is 17.3 Å². The topological polar surface area (TPSA) is 79.5 Å². The van der Waals surface area contributed by atoms with Crippen LogP contribution in [-0.2, 0) is 6.42 Å². The summed E-state index contributed by atoms with van der Waals surface area (Å²) in [5.74, 6) is 3.34. The van der Waals surface area contributed by atoms with Gasteiger partial charge in [0.1, 0.15) is 0 Å². The van der Waals surface area contributed by atoms with E-state index in [-0.39, 0.29) is 0 Å². The standard InChI is InChI=1S/C20H23N3O4/c1-12(2)8-18-22-20(27-23-18)13-6-7-15(21-11-13)14-9-16(24-3)19(26-5)17(10-14)25-4/h6-7,9-12H,8H2,1-5H3. The molecule has 0 aliphatic carbocycles. The van der Waals surface area contributed by atoms with Crippen LogP contribution in [0.3, 0.4) is 0 Å². The van der Waals surface area contributed by atoms with Gasteiger partial charge >= 0.3 is 0 Å². The molecule has 27 heavy (non-hydrogen) atoms. The van der Waals surface area contributed by atoms with Crippen molar-refractivity contribution in [1.29, 1.82) is 0 Å². The average molecular weight is 369 g/mol. The summed E-state index contributed by atoms with van der Waals surface area (Å²) in [6.07, 6.45) is 2.49. The Hall–Kier alpha value is -3.09. The first kappa shape index (κ1) is 18.7. The molecule has 0 aliphatic heterocycles. The second-order valence-corrected chi connectivity index (χ2v) is 6.46. The number of aromatic nitrogens is 3. The van der Waals surface area contributed by atoms with Gasteiger partial charge in [-0.05, 0) is 30.2 Å². The Morgan fingerprint density at radius 2 is 1.67 bits per heavy atom. The van der Waals surface area contributed by atoms with Crippen LogP contribution < -0.4 is 14.2 Å². The van der Waals surface area contributed by atoms with Crippen molar-refractivity contribution in [2.24, 2.45) is 5.92 Å². The van der Waals surface area contributed by atoms with Gasteiger partial charge in [-0.1, -0.05) is 19.0 Å². The van der Waals surface area contributed by atoms with E-state index in [1.54, 1.807) is 27.5 Å². The highest BCUT2D eigenvalue weighted by Crippen LogP contribution is 2.40. The van der Waals surface area contributed by atoms with E-state index < -0.39 is 0 Å². The number of hydrogen-bond acceptors (Lipinski definition) is 7. The first-order valence-corrected chi connectivity index (χ1v) is 8.65. The summed E-state index contributed by atoms with van der Waals surface area (Å²) in [6.45, 7) is 4.23. The first-order chi connectivity index (χ1) is 13.0. The minimum absolute atomic E-state index is 0.467. The molecule has 0 spiro atoms. The van der Waals surface area contributed by atoms with Crippen molar-refractivity contribution in [3.05, 3.63) is 36.3 Å². The second-order valence-electron chi connectivity index (χ2n) is 6.46. The third kappa shape index (κ3) is 4.02. The number of rotatable bonds is 7. The molecule has 3 aromatic rings. The minimum Gasteiger partial charge on any atom is -0.493 e. The summed E-state index contributed by atoms with van der Waals surface area (Å²) in [4.78, 5) is 8.95. The van der Waals surface area contributed by atoms with Crippen LogP contribution in [0.4, 0.5) is 0 Å². The molecule has 0 saturated carbocycles. The van der Waals surface area contributed by atoms with Crippen LogP contribution in [0.25, 0.3) is 22.7 Å². The van der Waals surface area contributed by atoms with E-state index in [0.717, 1.165) is 23.2 Å². The van der Waals surface area contributed by atoms with Crippen LogP contribution in [0, 0.1) is 5.92 Å². The zero-order chi connectivity index (χ0) is 19.4. The zero-order valence-corrected chi connectivity index (χ0v) is 16.1. The maximum atomic E-state index is 5.40. The molecule has 0 aliphatic rings. The lowest BCUT2D eigenvalue weighted by Gasteiger charge is -2.14. The van der Waals surface area contributed by atoms with Gasteiger partial charge in [-0.25, -0.2) is 0 Å². The van der Waals surface area contributed by atoms with Crippen LogP contribution >= 0.6 is 0 Å². The quantitative estimate of drug-likeness (QED) is 0.622. The maximum absolute atomic E-state index is 5.40. The molecule has 7 heteroatoms. The molecule has 0 amide bonds. The molecule has 142 valence electrons. The fraction of sp³-hybridized carbons (Fsp3) is 0.350. The van der Waals surface area contributed by atoms with E-state index in [0.29, 0.717) is 34.9 Å². The Kier molecular flexibility index (Phi) is 5.59. The van der Waals surface area contributed by atoms with E-state index in [1.165, 1.54) is 0 Å². The lowest BCUT2D eigenvalue weighted by molar-refractivity contribution is 0.324. The Bertz CT molecular complexity index is 879. The summed E-state index contributed by atoms with van der Waals surface area (Å²) in [5.41, 5.74) is 2.38. The molecule has 0 N–H and O–H groups in total. The molecule has 2 aromatic heterocycles. The molecular weight excluding hydrogens is 346 g/mol. The predicted molar refractivity (Wildman–Crippen MR) is 101 cm³/mol. The van der Waals surface area contributed by atoms with E-state index in [9.17, 15) is 0 Å². The van der Waals surface area contributed by atoms with Crippen molar-refractivity contribution in [1.82, 2.24) is 15.1 Å². The largest absolute Gasteiger partial charge is 0.493 e. The van der Waals surface area contributed by atoms with Crippen LogP contribution in [0.15, 0.2) is 35.0 Å². The van der Waals surface area contributed by atoms with Crippen molar-refractivity contribution in [3.8, 4) is 40.0 Å². The minimum atomic E-state index is 0.467. The third-order valence-electron chi connectivity index (χ3n) is 4.03. The Morgan fingerprint density at radius 1 is 0.963 bits per heavy atom. The van der Waals surface area contributed by atoms with Gasteiger partial charge in [0.25, 0.3) is 5.89 Å². The highest BCUT2D eigenvalue weighted by Gasteiger charge is 2.15. The fourth-order valence-corrected chi connectivity index (χ4v) is 2.74. The SMILES string of the molecule is COc1cc(-c2ccc(-c3nc(CC(C)C)no3)cn2)cc(OC)c1OC. The van der Waals surface area contributed by atoms with Gasteiger partial charge in [-0.3, -0.25) is 4.98 Å². The molecule has 3 rings (SSSR count). The number of benzene rings is 1. The van der Waals surface area contributed by atoms with E-state index in [2.05, 4.69) is 29.0 Å². The van der Waals surface area contributed by atoms with Gasteiger partial charge in [0.05, 0.1) is 32.6 Å². The molecule has 0 atom stereocenters. The summed E-state index contributed by atoms with van der Waals surface area (Å²) in [5, 5.41) is 4.02. The van der Waals surface area contributed by atoms with Gasteiger partial charge < -0.3 is 18.7 Å². The summed E-state index contributed by atoms with van der Waals surface area (Å²) >= 11 is 0. The number of methoxy groups -OCH3 is 3. The third-order valence-corrected chi connectivity index (χ3v) is 4.03. The average Bonchev–Trinajstić information content (AvgIpc) is 3.14. The van der Waals surface area contributed by atoms with E-state index in [4.69, 9.17) is 18.7 Å². The molecule has 7 nitrogen and oxygen atoms in total. The van der Waals surface area contributed by atoms with Gasteiger partial charge in [0.2, 0.25) is 5.75 Å². The van der Waals surface area contributed by atoms with Crippen LogP contribution in [0.2, 0.25) is 0 Å². The summed E-state index contributed by atoms with van der Waals surface area (Å²) < 4.78 is 21.5. The van der Waals surface area contributed by atoms with Gasteiger partial charge in [0, 0.05) is 18.2 Å². The molecular formula is C20H23N3O4. The Labute approximate surface area is 158 Å². The molecule has 0 bridgehead atoms. The second kappa shape index (κ2) is 8.07. The van der Waals surface area contributed by atoms with E-state index >= 15 is 0 Å². The van der Waals surface area contributed by atoms with Crippen molar-refractivity contribution in [2.75, 3.05) is 21.3 Å². The maximum Gasteiger partial charge on any atom is 0.259 e. The number of ether oxygens (including phenoxy) is 3. The molecule has 1 aromatic carbocycles. The highest BCUT2D eigenvalue weighted by atomic mass is 16.5. The smallest absolute Gasteiger partial charge is 0.259 e. The molecule has 0 radical (unpaired) electrons. The summed E-state index contributed by atoms with van der Waals surface area (Å²) in [6, 6.07) is 7.51. The van der Waals surface area contributed by atoms with E-state index in [1.807, 2.05) is 24.3 Å². The first-order valence-electron chi connectivity index (χ1n) is 8.65.